The Balaban J connectivity index is 1.91. The summed E-state index contributed by atoms with van der Waals surface area (Å²) in [5, 5.41) is 3.41. The number of nitrogen functional groups attached to an aromatic ring is 1. The average molecular weight is 236 g/mol. The summed E-state index contributed by atoms with van der Waals surface area (Å²) in [6.07, 6.45) is 2.26. The Morgan fingerprint density at radius 3 is 2.82 bits per heavy atom. The van der Waals surface area contributed by atoms with E-state index >= 15 is 0 Å². The summed E-state index contributed by atoms with van der Waals surface area (Å²) >= 11 is 0. The fraction of sp³-hybridized carbons (Fsp3) is 0.538. The van der Waals surface area contributed by atoms with Gasteiger partial charge in [0, 0.05) is 43.3 Å². The predicted octanol–water partition coefficient (Wildman–Crippen LogP) is 2.12. The summed E-state index contributed by atoms with van der Waals surface area (Å²) in [7, 11) is 1.65. The molecule has 0 saturated carbocycles. The van der Waals surface area contributed by atoms with Crippen LogP contribution in [-0.4, -0.2) is 26.9 Å². The molecule has 0 aliphatic carbocycles. The van der Waals surface area contributed by atoms with E-state index in [1.807, 2.05) is 18.2 Å². The summed E-state index contributed by atoms with van der Waals surface area (Å²) in [5.74, 6) is 1.48. The van der Waals surface area contributed by atoms with E-state index in [2.05, 4.69) is 5.32 Å². The topological polar surface area (TPSA) is 56.5 Å². The van der Waals surface area contributed by atoms with Crippen molar-refractivity contribution < 1.29 is 9.47 Å². The van der Waals surface area contributed by atoms with Gasteiger partial charge in [0.25, 0.3) is 0 Å². The van der Waals surface area contributed by atoms with Crippen molar-refractivity contribution in [3.05, 3.63) is 18.2 Å². The van der Waals surface area contributed by atoms with Crippen LogP contribution in [-0.2, 0) is 4.74 Å². The van der Waals surface area contributed by atoms with Crippen molar-refractivity contribution in [2.24, 2.45) is 5.92 Å². The molecule has 94 valence electrons. The normalized spacial score (nSPS) is 16.8. The maximum atomic E-state index is 5.80. The van der Waals surface area contributed by atoms with E-state index in [1.54, 1.807) is 7.11 Å². The molecule has 1 saturated heterocycles. The molecule has 0 amide bonds. The second-order valence-corrected chi connectivity index (χ2v) is 4.43. The molecule has 0 radical (unpaired) electrons. The summed E-state index contributed by atoms with van der Waals surface area (Å²) in [6, 6.07) is 5.72. The van der Waals surface area contributed by atoms with Crippen LogP contribution in [0.1, 0.15) is 12.8 Å². The van der Waals surface area contributed by atoms with E-state index in [1.165, 1.54) is 0 Å². The van der Waals surface area contributed by atoms with Gasteiger partial charge in [-0.3, -0.25) is 0 Å². The zero-order chi connectivity index (χ0) is 12.1. The van der Waals surface area contributed by atoms with Gasteiger partial charge in [-0.15, -0.1) is 0 Å². The first-order valence-electron chi connectivity index (χ1n) is 6.04. The van der Waals surface area contributed by atoms with Crippen molar-refractivity contribution in [2.45, 2.75) is 12.8 Å². The van der Waals surface area contributed by atoms with Crippen LogP contribution in [0.25, 0.3) is 0 Å². The minimum atomic E-state index is 0.691. The first-order valence-corrected chi connectivity index (χ1v) is 6.04. The van der Waals surface area contributed by atoms with Gasteiger partial charge in [-0.1, -0.05) is 0 Å². The van der Waals surface area contributed by atoms with Crippen molar-refractivity contribution in [1.29, 1.82) is 0 Å². The summed E-state index contributed by atoms with van der Waals surface area (Å²) in [5.41, 5.74) is 7.55. The Labute approximate surface area is 102 Å². The van der Waals surface area contributed by atoms with Gasteiger partial charge >= 0.3 is 0 Å². The number of nitrogens with one attached hydrogen (secondary N) is 1. The monoisotopic (exact) mass is 236 g/mol. The Morgan fingerprint density at radius 1 is 1.35 bits per heavy atom. The molecule has 1 aromatic rings. The second-order valence-electron chi connectivity index (χ2n) is 4.43. The standard InChI is InChI=1S/C13H20N2O2/c1-16-13-7-11(14)6-12(8-13)15-9-10-2-4-17-5-3-10/h6-8,10,15H,2-5,9,14H2,1H3. The molecule has 0 unspecified atom stereocenters. The summed E-state index contributed by atoms with van der Waals surface area (Å²) in [4.78, 5) is 0. The summed E-state index contributed by atoms with van der Waals surface area (Å²) < 4.78 is 10.5. The van der Waals surface area contributed by atoms with Gasteiger partial charge in [0.2, 0.25) is 0 Å². The van der Waals surface area contributed by atoms with Crippen LogP contribution < -0.4 is 15.8 Å². The molecule has 0 spiro atoms. The van der Waals surface area contributed by atoms with E-state index < -0.39 is 0 Å². The van der Waals surface area contributed by atoms with Crippen LogP contribution in [0.5, 0.6) is 5.75 Å². The van der Waals surface area contributed by atoms with Crippen molar-refractivity contribution in [2.75, 3.05) is 37.9 Å². The molecule has 0 bridgehead atoms. The van der Waals surface area contributed by atoms with E-state index in [0.29, 0.717) is 5.92 Å². The molecule has 4 heteroatoms. The number of benzene rings is 1. The third kappa shape index (κ3) is 3.53. The van der Waals surface area contributed by atoms with Crippen molar-refractivity contribution >= 4 is 11.4 Å². The second kappa shape index (κ2) is 5.77. The number of anilines is 2. The van der Waals surface area contributed by atoms with Crippen LogP contribution in [0.2, 0.25) is 0 Å². The lowest BCUT2D eigenvalue weighted by Gasteiger charge is -2.22. The first kappa shape index (κ1) is 12.0. The van der Waals surface area contributed by atoms with Gasteiger partial charge in [0.05, 0.1) is 7.11 Å². The highest BCUT2D eigenvalue weighted by atomic mass is 16.5. The number of ether oxygens (including phenoxy) is 2. The Hall–Kier alpha value is -1.42. The molecule has 2 rings (SSSR count). The number of rotatable bonds is 4. The predicted molar refractivity (Wildman–Crippen MR) is 69.4 cm³/mol. The Bertz CT molecular complexity index is 362. The van der Waals surface area contributed by atoms with E-state index in [-0.39, 0.29) is 0 Å². The van der Waals surface area contributed by atoms with Gasteiger partial charge in [0.15, 0.2) is 0 Å². The molecule has 0 atom stereocenters. The highest BCUT2D eigenvalue weighted by Crippen LogP contribution is 2.23. The third-order valence-electron chi connectivity index (χ3n) is 3.10. The SMILES string of the molecule is COc1cc(N)cc(NCC2CCOCC2)c1. The van der Waals surface area contributed by atoms with Crippen LogP contribution in [0.15, 0.2) is 18.2 Å². The number of nitrogens with two attached hydrogens (primary N) is 1. The lowest BCUT2D eigenvalue weighted by atomic mass is 10.0. The zero-order valence-electron chi connectivity index (χ0n) is 10.2. The van der Waals surface area contributed by atoms with Crippen LogP contribution in [0.4, 0.5) is 11.4 Å². The van der Waals surface area contributed by atoms with Crippen molar-refractivity contribution in [3.8, 4) is 5.75 Å². The van der Waals surface area contributed by atoms with Crippen LogP contribution >= 0.6 is 0 Å². The van der Waals surface area contributed by atoms with Crippen LogP contribution in [0.3, 0.4) is 0 Å². The number of hydrogen-bond donors (Lipinski definition) is 2. The van der Waals surface area contributed by atoms with E-state index in [0.717, 1.165) is 49.7 Å². The van der Waals surface area contributed by atoms with Crippen LogP contribution in [0, 0.1) is 5.92 Å². The fourth-order valence-corrected chi connectivity index (χ4v) is 2.05. The Kier molecular flexibility index (Phi) is 4.09. The fourth-order valence-electron chi connectivity index (χ4n) is 2.05. The molecular weight excluding hydrogens is 216 g/mol. The molecule has 0 aromatic heterocycles. The first-order chi connectivity index (χ1) is 8.28. The molecule has 4 nitrogen and oxygen atoms in total. The lowest BCUT2D eigenvalue weighted by Crippen LogP contribution is -2.22. The van der Waals surface area contributed by atoms with Gasteiger partial charge in [-0.25, -0.2) is 0 Å². The van der Waals surface area contributed by atoms with E-state index in [9.17, 15) is 0 Å². The largest absolute Gasteiger partial charge is 0.497 e. The third-order valence-corrected chi connectivity index (χ3v) is 3.10. The molecular formula is C13H20N2O2. The molecule has 1 heterocycles. The molecule has 1 aliphatic rings. The van der Waals surface area contributed by atoms with Gasteiger partial charge in [0.1, 0.15) is 5.75 Å². The molecule has 3 N–H and O–H groups in total. The van der Waals surface area contributed by atoms with Gasteiger partial charge < -0.3 is 20.5 Å². The van der Waals surface area contributed by atoms with E-state index in [4.69, 9.17) is 15.2 Å². The quantitative estimate of drug-likeness (QED) is 0.786. The minimum absolute atomic E-state index is 0.691. The van der Waals surface area contributed by atoms with Gasteiger partial charge in [-0.05, 0) is 24.8 Å². The Morgan fingerprint density at radius 2 is 2.12 bits per heavy atom. The molecule has 1 aliphatic heterocycles. The number of methoxy groups -OCH3 is 1. The maximum Gasteiger partial charge on any atom is 0.122 e. The van der Waals surface area contributed by atoms with Crippen molar-refractivity contribution in [1.82, 2.24) is 0 Å². The number of hydrogen-bond acceptors (Lipinski definition) is 4. The molecule has 1 fully saturated rings. The van der Waals surface area contributed by atoms with Crippen molar-refractivity contribution in [3.63, 3.8) is 0 Å². The molecule has 17 heavy (non-hydrogen) atoms. The minimum Gasteiger partial charge on any atom is -0.497 e. The molecule has 1 aromatic carbocycles. The summed E-state index contributed by atoms with van der Waals surface area (Å²) in [6.45, 7) is 2.73. The zero-order valence-corrected chi connectivity index (χ0v) is 10.2. The van der Waals surface area contributed by atoms with Gasteiger partial charge in [-0.2, -0.15) is 0 Å². The highest BCUT2D eigenvalue weighted by Gasteiger charge is 2.13. The smallest absolute Gasteiger partial charge is 0.122 e. The lowest BCUT2D eigenvalue weighted by molar-refractivity contribution is 0.0699. The maximum absolute atomic E-state index is 5.80. The highest BCUT2D eigenvalue weighted by molar-refractivity contribution is 5.59. The average Bonchev–Trinajstić information content (AvgIpc) is 2.37.